The van der Waals surface area contributed by atoms with E-state index in [0.29, 0.717) is 11.1 Å². The molecule has 3 rings (SSSR count). The fraction of sp³-hybridized carbons (Fsp3) is 0. The van der Waals surface area contributed by atoms with Gasteiger partial charge in [0.05, 0.1) is 11.7 Å². The molecule has 0 atom stereocenters. The molecular formula is C11H6N2OS2. The van der Waals surface area contributed by atoms with E-state index < -0.39 is 0 Å². The number of carbonyl (C=O) groups is 1. The van der Waals surface area contributed by atoms with Crippen molar-refractivity contribution in [3.05, 3.63) is 35.2 Å². The Balaban J connectivity index is 2.35. The van der Waals surface area contributed by atoms with E-state index in [1.165, 1.54) is 0 Å². The van der Waals surface area contributed by atoms with Crippen molar-refractivity contribution in [2.75, 3.05) is 0 Å². The highest BCUT2D eigenvalue weighted by atomic mass is 32.1. The number of hydrogen-bond acceptors (Lipinski definition) is 5. The lowest BCUT2D eigenvalue weighted by Gasteiger charge is -1.99. The third-order valence-electron chi connectivity index (χ3n) is 2.36. The molecule has 16 heavy (non-hydrogen) atoms. The first kappa shape index (κ1) is 9.62. The highest BCUT2D eigenvalue weighted by Gasteiger charge is 2.11. The van der Waals surface area contributed by atoms with Crippen molar-refractivity contribution in [3.8, 4) is 10.4 Å². The van der Waals surface area contributed by atoms with Gasteiger partial charge in [0.2, 0.25) is 0 Å². The van der Waals surface area contributed by atoms with Crippen molar-refractivity contribution >= 4 is 40.4 Å². The van der Waals surface area contributed by atoms with Gasteiger partial charge < -0.3 is 0 Å². The lowest BCUT2D eigenvalue weighted by molar-refractivity contribution is 0.112. The Morgan fingerprint density at radius 2 is 2.00 bits per heavy atom. The Hall–Kier alpha value is -1.59. The van der Waals surface area contributed by atoms with Crippen molar-refractivity contribution in [2.45, 2.75) is 0 Å². The van der Waals surface area contributed by atoms with E-state index in [-0.39, 0.29) is 0 Å². The summed E-state index contributed by atoms with van der Waals surface area (Å²) in [5.74, 6) is 0. The van der Waals surface area contributed by atoms with E-state index in [4.69, 9.17) is 0 Å². The molecule has 2 aromatic heterocycles. The summed E-state index contributed by atoms with van der Waals surface area (Å²) < 4.78 is 8.43. The number of carbonyl (C=O) groups excluding carboxylic acids is 1. The zero-order chi connectivity index (χ0) is 11.0. The quantitative estimate of drug-likeness (QED) is 0.652. The maximum atomic E-state index is 10.9. The number of aromatic nitrogens is 2. The van der Waals surface area contributed by atoms with Gasteiger partial charge in [-0.15, -0.1) is 11.3 Å². The summed E-state index contributed by atoms with van der Waals surface area (Å²) in [5, 5.41) is 2.02. The van der Waals surface area contributed by atoms with Gasteiger partial charge in [0, 0.05) is 16.0 Å². The molecule has 5 heteroatoms. The molecular weight excluding hydrogens is 240 g/mol. The fourth-order valence-corrected chi connectivity index (χ4v) is 2.94. The van der Waals surface area contributed by atoms with E-state index in [2.05, 4.69) is 8.75 Å². The van der Waals surface area contributed by atoms with Crippen LogP contribution in [0.25, 0.3) is 21.5 Å². The van der Waals surface area contributed by atoms with Crippen LogP contribution in [0.4, 0.5) is 0 Å². The predicted octanol–water partition coefficient (Wildman–Crippen LogP) is 3.23. The topological polar surface area (TPSA) is 42.9 Å². The summed E-state index contributed by atoms with van der Waals surface area (Å²) >= 11 is 2.80. The van der Waals surface area contributed by atoms with E-state index in [1.54, 1.807) is 17.4 Å². The normalized spacial score (nSPS) is 10.8. The fourth-order valence-electron chi connectivity index (χ4n) is 1.61. The average molecular weight is 246 g/mol. The minimum atomic E-state index is 0.601. The molecule has 0 aliphatic rings. The van der Waals surface area contributed by atoms with E-state index in [9.17, 15) is 4.79 Å². The summed E-state index contributed by atoms with van der Waals surface area (Å²) in [7, 11) is 0. The van der Waals surface area contributed by atoms with Crippen molar-refractivity contribution in [2.24, 2.45) is 0 Å². The lowest BCUT2D eigenvalue weighted by Crippen LogP contribution is -1.85. The molecule has 0 unspecified atom stereocenters. The molecule has 0 saturated carbocycles. The van der Waals surface area contributed by atoms with E-state index in [1.807, 2.05) is 23.6 Å². The van der Waals surface area contributed by atoms with Crippen molar-refractivity contribution < 1.29 is 4.79 Å². The molecule has 0 radical (unpaired) electrons. The van der Waals surface area contributed by atoms with Gasteiger partial charge in [-0.2, -0.15) is 8.75 Å². The first-order chi connectivity index (χ1) is 7.90. The highest BCUT2D eigenvalue weighted by molar-refractivity contribution is 7.13. The second-order valence-corrected chi connectivity index (χ2v) is 4.74. The van der Waals surface area contributed by atoms with Gasteiger partial charge in [0.1, 0.15) is 11.0 Å². The minimum Gasteiger partial charge on any atom is -0.298 e. The first-order valence-electron chi connectivity index (χ1n) is 4.64. The Morgan fingerprint density at radius 3 is 2.75 bits per heavy atom. The maximum absolute atomic E-state index is 10.9. The molecule has 0 fully saturated rings. The highest BCUT2D eigenvalue weighted by Crippen LogP contribution is 2.31. The lowest BCUT2D eigenvalue weighted by atomic mass is 10.1. The van der Waals surface area contributed by atoms with Crippen molar-refractivity contribution in [1.82, 2.24) is 8.75 Å². The Kier molecular flexibility index (Phi) is 2.27. The smallest absolute Gasteiger partial charge is 0.152 e. The predicted molar refractivity (Wildman–Crippen MR) is 66.1 cm³/mol. The molecule has 0 saturated heterocycles. The van der Waals surface area contributed by atoms with Crippen LogP contribution in [-0.4, -0.2) is 15.0 Å². The standard InChI is InChI=1S/C11H6N2OS2/c14-6-7-3-4-8(9-2-1-5-15-9)11-10(7)12-16-13-11/h1-6H. The summed E-state index contributed by atoms with van der Waals surface area (Å²) in [4.78, 5) is 12.0. The zero-order valence-corrected chi connectivity index (χ0v) is 9.72. The Morgan fingerprint density at radius 1 is 1.12 bits per heavy atom. The Bertz CT molecular complexity index is 643. The molecule has 0 aliphatic carbocycles. The second-order valence-electron chi connectivity index (χ2n) is 3.26. The molecule has 3 nitrogen and oxygen atoms in total. The van der Waals surface area contributed by atoms with Gasteiger partial charge in [-0.1, -0.05) is 12.1 Å². The monoisotopic (exact) mass is 246 g/mol. The van der Waals surface area contributed by atoms with Crippen LogP contribution in [0.5, 0.6) is 0 Å². The number of rotatable bonds is 2. The van der Waals surface area contributed by atoms with Gasteiger partial charge >= 0.3 is 0 Å². The molecule has 0 bridgehead atoms. The van der Waals surface area contributed by atoms with Crippen LogP contribution in [0.1, 0.15) is 10.4 Å². The molecule has 2 heterocycles. The first-order valence-corrected chi connectivity index (χ1v) is 6.25. The van der Waals surface area contributed by atoms with Crippen LogP contribution in [0.2, 0.25) is 0 Å². The minimum absolute atomic E-state index is 0.601. The van der Waals surface area contributed by atoms with Crippen LogP contribution in [0, 0.1) is 0 Å². The van der Waals surface area contributed by atoms with E-state index in [0.717, 1.165) is 34.0 Å². The van der Waals surface area contributed by atoms with Crippen LogP contribution in [0.3, 0.4) is 0 Å². The molecule has 0 spiro atoms. The van der Waals surface area contributed by atoms with Gasteiger partial charge in [0.25, 0.3) is 0 Å². The summed E-state index contributed by atoms with van der Waals surface area (Å²) in [5.41, 5.74) is 3.16. The maximum Gasteiger partial charge on any atom is 0.152 e. The number of thiophene rings is 1. The third-order valence-corrected chi connectivity index (χ3v) is 3.79. The second kappa shape index (κ2) is 3.77. The van der Waals surface area contributed by atoms with Crippen LogP contribution in [-0.2, 0) is 0 Å². The summed E-state index contributed by atoms with van der Waals surface area (Å²) in [6.07, 6.45) is 0.821. The van der Waals surface area contributed by atoms with Crippen LogP contribution in [0.15, 0.2) is 29.6 Å². The third kappa shape index (κ3) is 1.36. The van der Waals surface area contributed by atoms with Crippen molar-refractivity contribution in [3.63, 3.8) is 0 Å². The molecule has 78 valence electrons. The molecule has 0 aliphatic heterocycles. The van der Waals surface area contributed by atoms with Crippen LogP contribution >= 0.6 is 23.1 Å². The Labute approximate surface area is 99.7 Å². The molecule has 1 aromatic carbocycles. The molecule has 3 aromatic rings. The number of benzene rings is 1. The van der Waals surface area contributed by atoms with Gasteiger partial charge in [-0.25, -0.2) is 0 Å². The van der Waals surface area contributed by atoms with Gasteiger partial charge in [-0.3, -0.25) is 4.79 Å². The van der Waals surface area contributed by atoms with Gasteiger partial charge in [-0.05, 0) is 17.5 Å². The molecule has 0 N–H and O–H groups in total. The summed E-state index contributed by atoms with van der Waals surface area (Å²) in [6.45, 7) is 0. The zero-order valence-electron chi connectivity index (χ0n) is 8.08. The summed E-state index contributed by atoms with van der Waals surface area (Å²) in [6, 6.07) is 7.77. The van der Waals surface area contributed by atoms with E-state index >= 15 is 0 Å². The number of fused-ring (bicyclic) bond motifs is 1. The average Bonchev–Trinajstić information content (AvgIpc) is 2.98. The SMILES string of the molecule is O=Cc1ccc(-c2cccs2)c2nsnc12. The molecule has 0 amide bonds. The van der Waals surface area contributed by atoms with Gasteiger partial charge in [0.15, 0.2) is 6.29 Å². The number of aldehydes is 1. The number of nitrogens with zero attached hydrogens (tertiary/aromatic N) is 2. The number of hydrogen-bond donors (Lipinski definition) is 0. The largest absolute Gasteiger partial charge is 0.298 e. The van der Waals surface area contributed by atoms with Crippen molar-refractivity contribution in [1.29, 1.82) is 0 Å². The van der Waals surface area contributed by atoms with Crippen LogP contribution < -0.4 is 0 Å².